The normalized spacial score (nSPS) is 47.4. The average Bonchev–Trinajstić information content (AvgIpc) is 2.86. The summed E-state index contributed by atoms with van der Waals surface area (Å²) in [5, 5.41) is 0. The van der Waals surface area contributed by atoms with Crippen molar-refractivity contribution in [1.29, 1.82) is 0 Å². The Morgan fingerprint density at radius 2 is 1.65 bits per heavy atom. The molecule has 5 aliphatic carbocycles. The zero-order chi connectivity index (χ0) is 29.5. The molecule has 0 saturated heterocycles. The van der Waals surface area contributed by atoms with Gasteiger partial charge in [-0.2, -0.15) is 0 Å². The minimum Gasteiger partial charge on any atom is -0.462 e. The van der Waals surface area contributed by atoms with Crippen molar-refractivity contribution in [2.24, 2.45) is 50.2 Å². The van der Waals surface area contributed by atoms with Gasteiger partial charge in [-0.1, -0.05) is 59.8 Å². The monoisotopic (exact) mass is 552 g/mol. The van der Waals surface area contributed by atoms with E-state index in [9.17, 15) is 14.4 Å². The van der Waals surface area contributed by atoms with Crippen LogP contribution in [0.15, 0.2) is 24.3 Å². The molecule has 0 heterocycles. The molecule has 0 N–H and O–H groups in total. The SMILES string of the molecule is C=CCOC(=O)[C@@]1(C)CC[C@]2(C)CC[C@@]3(C)C(=CC(=O)[C@@H]4[C@@]5(C)CC[C@@H](OC(C)=O)C(C)(C)[C@H]5CC[C@]43C)[C@H]2C1. The maximum absolute atomic E-state index is 14.5. The smallest absolute Gasteiger partial charge is 0.312 e. The van der Waals surface area contributed by atoms with Gasteiger partial charge in [0.1, 0.15) is 12.7 Å². The molecule has 5 aliphatic rings. The number of esters is 2. The van der Waals surface area contributed by atoms with E-state index in [2.05, 4.69) is 61.1 Å². The topological polar surface area (TPSA) is 69.7 Å². The van der Waals surface area contributed by atoms with Gasteiger partial charge in [0, 0.05) is 18.3 Å². The fourth-order valence-corrected chi connectivity index (χ4v) is 11.1. The van der Waals surface area contributed by atoms with Crippen molar-refractivity contribution in [3.05, 3.63) is 24.3 Å². The van der Waals surface area contributed by atoms with Gasteiger partial charge in [0.15, 0.2) is 5.78 Å². The van der Waals surface area contributed by atoms with Crippen molar-refractivity contribution in [3.63, 3.8) is 0 Å². The molecule has 9 atom stereocenters. The maximum atomic E-state index is 14.5. The van der Waals surface area contributed by atoms with Crippen LogP contribution in [0.5, 0.6) is 0 Å². The van der Waals surface area contributed by atoms with Crippen LogP contribution in [0, 0.1) is 50.2 Å². The van der Waals surface area contributed by atoms with Crippen LogP contribution in [0.3, 0.4) is 0 Å². The number of hydrogen-bond acceptors (Lipinski definition) is 5. The van der Waals surface area contributed by atoms with Crippen LogP contribution in [0.1, 0.15) is 113 Å². The van der Waals surface area contributed by atoms with E-state index < -0.39 is 5.41 Å². The minimum atomic E-state index is -0.546. The van der Waals surface area contributed by atoms with Crippen molar-refractivity contribution in [3.8, 4) is 0 Å². The lowest BCUT2D eigenvalue weighted by atomic mass is 9.33. The van der Waals surface area contributed by atoms with Crippen molar-refractivity contribution in [1.82, 2.24) is 0 Å². The summed E-state index contributed by atoms with van der Waals surface area (Å²) < 4.78 is 11.4. The van der Waals surface area contributed by atoms with Gasteiger partial charge >= 0.3 is 11.9 Å². The van der Waals surface area contributed by atoms with Crippen LogP contribution >= 0.6 is 0 Å². The van der Waals surface area contributed by atoms with Crippen molar-refractivity contribution < 1.29 is 23.9 Å². The first-order valence-corrected chi connectivity index (χ1v) is 15.7. The number of fused-ring (bicyclic) bond motifs is 7. The van der Waals surface area contributed by atoms with E-state index in [1.807, 2.05) is 0 Å². The van der Waals surface area contributed by atoms with Gasteiger partial charge in [-0.25, -0.2) is 0 Å². The molecule has 0 aromatic heterocycles. The van der Waals surface area contributed by atoms with Crippen LogP contribution in [-0.4, -0.2) is 30.4 Å². The second-order valence-corrected chi connectivity index (χ2v) is 16.1. The van der Waals surface area contributed by atoms with Crippen LogP contribution in [-0.2, 0) is 23.9 Å². The molecule has 0 aromatic carbocycles. The van der Waals surface area contributed by atoms with E-state index in [1.54, 1.807) is 6.08 Å². The quantitative estimate of drug-likeness (QED) is 0.265. The molecule has 0 radical (unpaired) electrons. The Morgan fingerprint density at radius 1 is 0.975 bits per heavy atom. The van der Waals surface area contributed by atoms with E-state index in [-0.39, 0.29) is 69.3 Å². The molecule has 0 aliphatic heterocycles. The Labute approximate surface area is 241 Å². The van der Waals surface area contributed by atoms with Gasteiger partial charge < -0.3 is 9.47 Å². The first kappa shape index (κ1) is 29.6. The van der Waals surface area contributed by atoms with E-state index in [0.717, 1.165) is 57.8 Å². The number of allylic oxidation sites excluding steroid dienone is 2. The highest BCUT2D eigenvalue weighted by molar-refractivity contribution is 5.95. The summed E-state index contributed by atoms with van der Waals surface area (Å²) in [6.45, 7) is 21.6. The third-order valence-electron chi connectivity index (χ3n) is 13.6. The standard InChI is InChI=1S/C35H52O5/c1-10-19-39-29(38)32(6)16-15-31(5)17-18-34(8)23(24(31)21-32)20-25(37)28-33(7)13-12-27(40-22(2)36)30(3,4)26(33)11-14-35(28,34)9/h10,20,24,26-28H,1,11-19,21H2,2-9H3/t24-,26-,27-,28-,31-,32+,33+,34+,35-/m1/s1. The highest BCUT2D eigenvalue weighted by Gasteiger charge is 2.70. The van der Waals surface area contributed by atoms with Gasteiger partial charge in [-0.05, 0) is 104 Å². The number of carbonyl (C=O) groups is 3. The molecule has 0 unspecified atom stereocenters. The third kappa shape index (κ3) is 3.95. The summed E-state index contributed by atoms with van der Waals surface area (Å²) in [6.07, 6.45) is 12.1. The molecule has 0 spiro atoms. The molecule has 222 valence electrons. The van der Waals surface area contributed by atoms with Gasteiger partial charge in [-0.15, -0.1) is 0 Å². The molecule has 4 saturated carbocycles. The first-order valence-electron chi connectivity index (χ1n) is 15.7. The molecule has 40 heavy (non-hydrogen) atoms. The summed E-state index contributed by atoms with van der Waals surface area (Å²) in [7, 11) is 0. The predicted octanol–water partition coefficient (Wildman–Crippen LogP) is 7.63. The second kappa shape index (κ2) is 9.30. The summed E-state index contributed by atoms with van der Waals surface area (Å²) in [5.41, 5.74) is 0.279. The average molecular weight is 553 g/mol. The number of carbonyl (C=O) groups excluding carboxylic acids is 3. The lowest BCUT2D eigenvalue weighted by Crippen LogP contribution is -2.66. The maximum Gasteiger partial charge on any atom is 0.312 e. The molecule has 5 rings (SSSR count). The second-order valence-electron chi connectivity index (χ2n) is 16.1. The molecule has 4 fully saturated rings. The number of hydrogen-bond donors (Lipinski definition) is 0. The summed E-state index contributed by atoms with van der Waals surface area (Å²) in [6, 6.07) is 0. The Bertz CT molecular complexity index is 1150. The van der Waals surface area contributed by atoms with Crippen LogP contribution in [0.4, 0.5) is 0 Å². The van der Waals surface area contributed by atoms with E-state index >= 15 is 0 Å². The molecular formula is C35H52O5. The van der Waals surface area contributed by atoms with Crippen LogP contribution < -0.4 is 0 Å². The lowest BCUT2D eigenvalue weighted by molar-refractivity contribution is -0.210. The first-order chi connectivity index (χ1) is 18.5. The van der Waals surface area contributed by atoms with Gasteiger partial charge in [0.2, 0.25) is 0 Å². The lowest BCUT2D eigenvalue weighted by Gasteiger charge is -2.70. The molecule has 0 aromatic rings. The highest BCUT2D eigenvalue weighted by Crippen LogP contribution is 2.75. The van der Waals surface area contributed by atoms with Crippen molar-refractivity contribution in [2.75, 3.05) is 6.61 Å². The highest BCUT2D eigenvalue weighted by atomic mass is 16.5. The van der Waals surface area contributed by atoms with E-state index in [1.165, 1.54) is 12.5 Å². The van der Waals surface area contributed by atoms with Crippen LogP contribution in [0.2, 0.25) is 0 Å². The summed E-state index contributed by atoms with van der Waals surface area (Å²) >= 11 is 0. The molecule has 0 bridgehead atoms. The van der Waals surface area contributed by atoms with Gasteiger partial charge in [0.05, 0.1) is 5.41 Å². The largest absolute Gasteiger partial charge is 0.462 e. The Morgan fingerprint density at radius 3 is 2.30 bits per heavy atom. The fourth-order valence-electron chi connectivity index (χ4n) is 11.1. The van der Waals surface area contributed by atoms with E-state index in [0.29, 0.717) is 5.92 Å². The van der Waals surface area contributed by atoms with Crippen LogP contribution in [0.25, 0.3) is 0 Å². The molecular weight excluding hydrogens is 500 g/mol. The Balaban J connectivity index is 1.54. The number of ether oxygens (including phenoxy) is 2. The fraction of sp³-hybridized carbons (Fsp3) is 0.800. The Kier molecular flexibility index (Phi) is 6.87. The summed E-state index contributed by atoms with van der Waals surface area (Å²) in [4.78, 5) is 39.7. The van der Waals surface area contributed by atoms with E-state index in [4.69, 9.17) is 9.47 Å². The molecule has 0 amide bonds. The predicted molar refractivity (Wildman–Crippen MR) is 156 cm³/mol. The van der Waals surface area contributed by atoms with Gasteiger partial charge in [-0.3, -0.25) is 14.4 Å². The minimum absolute atomic E-state index is 0.0538. The third-order valence-corrected chi connectivity index (χ3v) is 13.6. The number of rotatable bonds is 4. The summed E-state index contributed by atoms with van der Waals surface area (Å²) in [5.74, 6) is 0.397. The Hall–Kier alpha value is -1.91. The zero-order valence-corrected chi connectivity index (χ0v) is 26.3. The molecule has 5 heteroatoms. The van der Waals surface area contributed by atoms with Crippen molar-refractivity contribution in [2.45, 2.75) is 119 Å². The zero-order valence-electron chi connectivity index (χ0n) is 26.3. The van der Waals surface area contributed by atoms with Crippen molar-refractivity contribution >= 4 is 17.7 Å². The van der Waals surface area contributed by atoms with Gasteiger partial charge in [0.25, 0.3) is 0 Å². The number of ketones is 1. The molecule has 5 nitrogen and oxygen atoms in total.